The van der Waals surface area contributed by atoms with E-state index in [4.69, 9.17) is 0 Å². The lowest BCUT2D eigenvalue weighted by Gasteiger charge is -2.17. The van der Waals surface area contributed by atoms with Gasteiger partial charge >= 0.3 is 5.97 Å². The van der Waals surface area contributed by atoms with Gasteiger partial charge in [0.05, 0.1) is 17.6 Å². The minimum Gasteiger partial charge on any atom is -0.481 e. The van der Waals surface area contributed by atoms with Crippen molar-refractivity contribution in [1.82, 2.24) is 14.5 Å². The molecule has 1 N–H and O–H groups in total. The van der Waals surface area contributed by atoms with Crippen LogP contribution in [-0.4, -0.2) is 44.5 Å². The second kappa shape index (κ2) is 6.96. The molecule has 0 spiro atoms. The van der Waals surface area contributed by atoms with E-state index in [1.54, 1.807) is 11.4 Å². The highest BCUT2D eigenvalue weighted by Gasteiger charge is 2.40. The number of carbonyl (C=O) groups is 2. The van der Waals surface area contributed by atoms with E-state index < -0.39 is 11.9 Å². The molecule has 0 bridgehead atoms. The van der Waals surface area contributed by atoms with Crippen LogP contribution in [0.15, 0.2) is 52.9 Å². The first kappa shape index (κ1) is 17.4. The molecule has 8 heteroatoms. The fourth-order valence-electron chi connectivity index (χ4n) is 3.55. The molecule has 4 rings (SSSR count). The third-order valence-corrected chi connectivity index (χ3v) is 5.79. The average Bonchev–Trinajstić information content (AvgIpc) is 3.32. The Morgan fingerprint density at radius 2 is 1.96 bits per heavy atom. The Morgan fingerprint density at radius 3 is 2.70 bits per heavy atom. The van der Waals surface area contributed by atoms with E-state index in [2.05, 4.69) is 4.98 Å². The number of benzene rings is 1. The number of hydrogen-bond donors (Lipinski definition) is 1. The number of amides is 1. The molecule has 1 fully saturated rings. The lowest BCUT2D eigenvalue weighted by molar-refractivity contribution is -0.141. The molecule has 1 aliphatic rings. The molecule has 2 aromatic heterocycles. The molecule has 0 radical (unpaired) electrons. The Morgan fingerprint density at radius 1 is 1.19 bits per heavy atom. The second-order valence-corrected chi connectivity index (χ2v) is 7.47. The molecule has 1 aromatic carbocycles. The summed E-state index contributed by atoms with van der Waals surface area (Å²) < 4.78 is 1.28. The number of thiophene rings is 1. The molecule has 1 saturated heterocycles. The largest absolute Gasteiger partial charge is 0.481 e. The Bertz CT molecular complexity index is 1060. The maximum atomic E-state index is 12.7. The highest BCUT2D eigenvalue weighted by molar-refractivity contribution is 7.16. The average molecular weight is 383 g/mol. The van der Waals surface area contributed by atoms with Gasteiger partial charge in [-0.1, -0.05) is 30.3 Å². The molecule has 2 unspecified atom stereocenters. The van der Waals surface area contributed by atoms with E-state index in [-0.39, 0.29) is 30.5 Å². The predicted octanol–water partition coefficient (Wildman–Crippen LogP) is 1.78. The van der Waals surface area contributed by atoms with Gasteiger partial charge in [-0.05, 0) is 17.0 Å². The highest BCUT2D eigenvalue weighted by Crippen LogP contribution is 2.33. The Labute approximate surface area is 158 Å². The standard InChI is InChI=1S/C19H17N3O4S/c23-16(10-22-11-20-17-13(18(22)24)6-7-27-17)21-8-14(15(9-21)19(25)26)12-4-2-1-3-5-12/h1-7,11,14-15H,8-10H2,(H,25,26). The van der Waals surface area contributed by atoms with Gasteiger partial charge in [-0.3, -0.25) is 19.0 Å². The zero-order valence-electron chi connectivity index (χ0n) is 14.3. The SMILES string of the molecule is O=C(O)C1CN(C(=O)Cn2cnc3sccc3c2=O)CC1c1ccccc1. The van der Waals surface area contributed by atoms with Crippen LogP contribution in [0.25, 0.3) is 10.2 Å². The Balaban J connectivity index is 1.56. The van der Waals surface area contributed by atoms with Crippen molar-refractivity contribution in [3.8, 4) is 0 Å². The van der Waals surface area contributed by atoms with Crippen LogP contribution in [0.2, 0.25) is 0 Å². The molecule has 1 aliphatic heterocycles. The molecule has 27 heavy (non-hydrogen) atoms. The number of carbonyl (C=O) groups excluding carboxylic acids is 1. The van der Waals surface area contributed by atoms with Crippen LogP contribution in [0.1, 0.15) is 11.5 Å². The Kier molecular flexibility index (Phi) is 4.49. The first-order valence-corrected chi connectivity index (χ1v) is 9.40. The maximum absolute atomic E-state index is 12.7. The Hall–Kier alpha value is -3.00. The van der Waals surface area contributed by atoms with Crippen LogP contribution in [0.5, 0.6) is 0 Å². The summed E-state index contributed by atoms with van der Waals surface area (Å²) >= 11 is 1.37. The predicted molar refractivity (Wildman–Crippen MR) is 101 cm³/mol. The molecule has 138 valence electrons. The number of aromatic nitrogens is 2. The second-order valence-electron chi connectivity index (χ2n) is 6.58. The van der Waals surface area contributed by atoms with Crippen molar-refractivity contribution in [3.05, 3.63) is 64.0 Å². The summed E-state index contributed by atoms with van der Waals surface area (Å²) in [6.07, 6.45) is 1.37. The molecule has 3 aromatic rings. The molecule has 0 aliphatic carbocycles. The minimum absolute atomic E-state index is 0.136. The van der Waals surface area contributed by atoms with E-state index in [0.717, 1.165) is 5.56 Å². The van der Waals surface area contributed by atoms with Crippen LogP contribution >= 0.6 is 11.3 Å². The highest BCUT2D eigenvalue weighted by atomic mass is 32.1. The summed E-state index contributed by atoms with van der Waals surface area (Å²) in [7, 11) is 0. The number of aliphatic carboxylic acids is 1. The summed E-state index contributed by atoms with van der Waals surface area (Å²) in [5, 5.41) is 11.8. The van der Waals surface area contributed by atoms with Gasteiger partial charge in [0, 0.05) is 19.0 Å². The van der Waals surface area contributed by atoms with Crippen LogP contribution in [0, 0.1) is 5.92 Å². The molecule has 2 atom stereocenters. The lowest BCUT2D eigenvalue weighted by atomic mass is 9.89. The van der Waals surface area contributed by atoms with Crippen LogP contribution < -0.4 is 5.56 Å². The van der Waals surface area contributed by atoms with Crippen molar-refractivity contribution in [2.24, 2.45) is 5.92 Å². The number of fused-ring (bicyclic) bond motifs is 1. The van der Waals surface area contributed by atoms with Crippen molar-refractivity contribution in [2.45, 2.75) is 12.5 Å². The summed E-state index contributed by atoms with van der Waals surface area (Å²) in [4.78, 5) is 43.2. The summed E-state index contributed by atoms with van der Waals surface area (Å²) in [5.41, 5.74) is 0.641. The van der Waals surface area contributed by atoms with Gasteiger partial charge in [-0.2, -0.15) is 0 Å². The first-order valence-electron chi connectivity index (χ1n) is 8.53. The van der Waals surface area contributed by atoms with Gasteiger partial charge in [0.1, 0.15) is 11.4 Å². The van der Waals surface area contributed by atoms with Crippen LogP contribution in [0.3, 0.4) is 0 Å². The monoisotopic (exact) mass is 383 g/mol. The van der Waals surface area contributed by atoms with E-state index in [9.17, 15) is 19.5 Å². The summed E-state index contributed by atoms with van der Waals surface area (Å²) in [5.74, 6) is -2.12. The number of carboxylic acids is 1. The lowest BCUT2D eigenvalue weighted by Crippen LogP contribution is -2.35. The number of rotatable bonds is 4. The van der Waals surface area contributed by atoms with Gasteiger partial charge in [-0.15, -0.1) is 11.3 Å². The topological polar surface area (TPSA) is 92.5 Å². The summed E-state index contributed by atoms with van der Waals surface area (Å²) in [6.45, 7) is 0.310. The van der Waals surface area contributed by atoms with Gasteiger partial charge in [0.25, 0.3) is 5.56 Å². The fraction of sp³-hybridized carbons (Fsp3) is 0.263. The van der Waals surface area contributed by atoms with E-state index in [1.165, 1.54) is 27.1 Å². The van der Waals surface area contributed by atoms with E-state index in [1.807, 2.05) is 30.3 Å². The molecular formula is C19H17N3O4S. The van der Waals surface area contributed by atoms with Crippen molar-refractivity contribution >= 4 is 33.4 Å². The van der Waals surface area contributed by atoms with Crippen molar-refractivity contribution in [1.29, 1.82) is 0 Å². The van der Waals surface area contributed by atoms with Crippen LogP contribution in [-0.2, 0) is 16.1 Å². The quantitative estimate of drug-likeness (QED) is 0.741. The zero-order chi connectivity index (χ0) is 19.0. The number of carboxylic acid groups (broad SMARTS) is 1. The summed E-state index contributed by atoms with van der Waals surface area (Å²) in [6, 6.07) is 11.1. The normalized spacial score (nSPS) is 19.5. The fourth-order valence-corrected chi connectivity index (χ4v) is 4.27. The van der Waals surface area contributed by atoms with Gasteiger partial charge in [0.2, 0.25) is 5.91 Å². The van der Waals surface area contributed by atoms with Crippen LogP contribution in [0.4, 0.5) is 0 Å². The third-order valence-electron chi connectivity index (χ3n) is 4.97. The molecular weight excluding hydrogens is 366 g/mol. The number of likely N-dealkylation sites (tertiary alicyclic amines) is 1. The van der Waals surface area contributed by atoms with Gasteiger partial charge < -0.3 is 10.0 Å². The minimum atomic E-state index is -0.919. The van der Waals surface area contributed by atoms with Crippen molar-refractivity contribution < 1.29 is 14.7 Å². The molecule has 0 saturated carbocycles. The maximum Gasteiger partial charge on any atom is 0.308 e. The number of hydrogen-bond acceptors (Lipinski definition) is 5. The van der Waals surface area contributed by atoms with E-state index >= 15 is 0 Å². The zero-order valence-corrected chi connectivity index (χ0v) is 15.1. The van der Waals surface area contributed by atoms with Crippen molar-refractivity contribution in [3.63, 3.8) is 0 Å². The third kappa shape index (κ3) is 3.23. The molecule has 7 nitrogen and oxygen atoms in total. The van der Waals surface area contributed by atoms with Gasteiger partial charge in [-0.25, -0.2) is 4.98 Å². The number of nitrogens with zero attached hydrogens (tertiary/aromatic N) is 3. The smallest absolute Gasteiger partial charge is 0.308 e. The molecule has 1 amide bonds. The molecule has 3 heterocycles. The first-order chi connectivity index (χ1) is 13.0. The van der Waals surface area contributed by atoms with E-state index in [0.29, 0.717) is 16.8 Å². The van der Waals surface area contributed by atoms with Gasteiger partial charge in [0.15, 0.2) is 0 Å². The van der Waals surface area contributed by atoms with Crippen molar-refractivity contribution in [2.75, 3.05) is 13.1 Å².